The zero-order valence-electron chi connectivity index (χ0n) is 9.55. The van der Waals surface area contributed by atoms with Crippen LogP contribution in [0.3, 0.4) is 0 Å². The molecule has 0 aliphatic carbocycles. The fourth-order valence-corrected chi connectivity index (χ4v) is 1.52. The van der Waals surface area contributed by atoms with Gasteiger partial charge in [-0.15, -0.1) is 0 Å². The molecular formula is C13H18FN. The Hall–Kier alpha value is -1.15. The minimum atomic E-state index is -0.179. The van der Waals surface area contributed by atoms with Crippen LogP contribution >= 0.6 is 0 Å². The number of allylic oxidation sites excluding steroid dienone is 1. The summed E-state index contributed by atoms with van der Waals surface area (Å²) < 4.78 is 12.7. The Morgan fingerprint density at radius 2 is 1.93 bits per heavy atom. The highest BCUT2D eigenvalue weighted by molar-refractivity contribution is 5.19. The molecule has 0 spiro atoms. The molecule has 0 aliphatic rings. The van der Waals surface area contributed by atoms with E-state index < -0.39 is 0 Å². The maximum atomic E-state index is 12.7. The summed E-state index contributed by atoms with van der Waals surface area (Å²) in [5.74, 6) is -0.179. The van der Waals surface area contributed by atoms with Gasteiger partial charge in [-0.05, 0) is 45.0 Å². The molecule has 0 aliphatic heterocycles. The first-order chi connectivity index (χ1) is 7.11. The summed E-state index contributed by atoms with van der Waals surface area (Å²) >= 11 is 0. The lowest BCUT2D eigenvalue weighted by Gasteiger charge is -2.12. The van der Waals surface area contributed by atoms with Gasteiger partial charge in [-0.3, -0.25) is 0 Å². The van der Waals surface area contributed by atoms with E-state index in [0.29, 0.717) is 6.04 Å². The second-order valence-electron chi connectivity index (χ2n) is 3.97. The SMILES string of the molecule is CNC(C=C(C)C)Cc1ccc(F)cc1. The predicted octanol–water partition coefficient (Wildman–Crippen LogP) is 2.92. The van der Waals surface area contributed by atoms with E-state index in [4.69, 9.17) is 0 Å². The van der Waals surface area contributed by atoms with Gasteiger partial charge in [0, 0.05) is 6.04 Å². The first-order valence-corrected chi connectivity index (χ1v) is 5.18. The number of benzene rings is 1. The first-order valence-electron chi connectivity index (χ1n) is 5.18. The van der Waals surface area contributed by atoms with E-state index in [0.717, 1.165) is 12.0 Å². The van der Waals surface area contributed by atoms with Crippen LogP contribution in [0, 0.1) is 5.82 Å². The smallest absolute Gasteiger partial charge is 0.123 e. The number of rotatable bonds is 4. The van der Waals surface area contributed by atoms with Crippen LogP contribution in [0.4, 0.5) is 4.39 Å². The number of likely N-dealkylation sites (N-methyl/N-ethyl adjacent to an activating group) is 1. The van der Waals surface area contributed by atoms with Crippen molar-refractivity contribution in [3.63, 3.8) is 0 Å². The van der Waals surface area contributed by atoms with Crippen LogP contribution in [-0.4, -0.2) is 13.1 Å². The largest absolute Gasteiger partial charge is 0.313 e. The molecule has 1 rings (SSSR count). The van der Waals surface area contributed by atoms with E-state index in [1.165, 1.54) is 17.7 Å². The Labute approximate surface area is 91.0 Å². The van der Waals surface area contributed by atoms with Gasteiger partial charge in [0.25, 0.3) is 0 Å². The lowest BCUT2D eigenvalue weighted by molar-refractivity contribution is 0.623. The maximum Gasteiger partial charge on any atom is 0.123 e. The molecule has 2 heteroatoms. The summed E-state index contributed by atoms with van der Waals surface area (Å²) in [5.41, 5.74) is 2.43. The Kier molecular flexibility index (Phi) is 4.50. The average Bonchev–Trinajstić information content (AvgIpc) is 2.19. The highest BCUT2D eigenvalue weighted by Crippen LogP contribution is 2.07. The van der Waals surface area contributed by atoms with Crippen LogP contribution in [-0.2, 0) is 6.42 Å². The summed E-state index contributed by atoms with van der Waals surface area (Å²) in [5, 5.41) is 3.23. The zero-order chi connectivity index (χ0) is 11.3. The van der Waals surface area contributed by atoms with Gasteiger partial charge in [-0.2, -0.15) is 0 Å². The van der Waals surface area contributed by atoms with Crippen LogP contribution < -0.4 is 5.32 Å². The van der Waals surface area contributed by atoms with Crippen molar-refractivity contribution in [2.75, 3.05) is 7.05 Å². The summed E-state index contributed by atoms with van der Waals surface area (Å²) in [6.45, 7) is 4.16. The molecule has 0 heterocycles. The molecule has 1 nitrogen and oxygen atoms in total. The number of nitrogens with one attached hydrogen (secondary N) is 1. The highest BCUT2D eigenvalue weighted by atomic mass is 19.1. The number of halogens is 1. The Morgan fingerprint density at radius 3 is 2.40 bits per heavy atom. The van der Waals surface area contributed by atoms with Crippen LogP contribution in [0.1, 0.15) is 19.4 Å². The molecule has 1 atom stereocenters. The van der Waals surface area contributed by atoms with Crippen molar-refractivity contribution >= 4 is 0 Å². The normalized spacial score (nSPS) is 12.3. The summed E-state index contributed by atoms with van der Waals surface area (Å²) in [6, 6.07) is 6.99. The quantitative estimate of drug-likeness (QED) is 0.748. The maximum absolute atomic E-state index is 12.7. The van der Waals surface area contributed by atoms with E-state index in [1.54, 1.807) is 0 Å². The van der Waals surface area contributed by atoms with Crippen molar-refractivity contribution in [2.24, 2.45) is 0 Å². The van der Waals surface area contributed by atoms with Crippen molar-refractivity contribution in [2.45, 2.75) is 26.3 Å². The number of hydrogen-bond acceptors (Lipinski definition) is 1. The number of hydrogen-bond donors (Lipinski definition) is 1. The van der Waals surface area contributed by atoms with Gasteiger partial charge in [-0.1, -0.05) is 23.8 Å². The van der Waals surface area contributed by atoms with Crippen molar-refractivity contribution in [1.82, 2.24) is 5.32 Å². The topological polar surface area (TPSA) is 12.0 Å². The minimum absolute atomic E-state index is 0.179. The van der Waals surface area contributed by atoms with Crippen molar-refractivity contribution in [1.29, 1.82) is 0 Å². The van der Waals surface area contributed by atoms with E-state index in [1.807, 2.05) is 19.2 Å². The molecule has 1 N–H and O–H groups in total. The molecule has 0 saturated carbocycles. The molecule has 82 valence electrons. The molecule has 0 radical (unpaired) electrons. The van der Waals surface area contributed by atoms with E-state index in [9.17, 15) is 4.39 Å². The minimum Gasteiger partial charge on any atom is -0.313 e. The Morgan fingerprint density at radius 1 is 1.33 bits per heavy atom. The van der Waals surface area contributed by atoms with Crippen LogP contribution in [0.15, 0.2) is 35.9 Å². The average molecular weight is 207 g/mol. The lowest BCUT2D eigenvalue weighted by Crippen LogP contribution is -2.25. The fourth-order valence-electron chi connectivity index (χ4n) is 1.52. The van der Waals surface area contributed by atoms with E-state index >= 15 is 0 Å². The van der Waals surface area contributed by atoms with Crippen LogP contribution in [0.25, 0.3) is 0 Å². The zero-order valence-corrected chi connectivity index (χ0v) is 9.55. The molecule has 0 saturated heterocycles. The third-order valence-corrected chi connectivity index (χ3v) is 2.27. The first kappa shape index (κ1) is 11.9. The molecule has 15 heavy (non-hydrogen) atoms. The summed E-state index contributed by atoms with van der Waals surface area (Å²) in [4.78, 5) is 0. The van der Waals surface area contributed by atoms with Gasteiger partial charge in [-0.25, -0.2) is 4.39 Å². The Bertz CT molecular complexity index is 323. The van der Waals surface area contributed by atoms with E-state index in [-0.39, 0.29) is 5.82 Å². The van der Waals surface area contributed by atoms with Crippen molar-refractivity contribution < 1.29 is 4.39 Å². The second-order valence-corrected chi connectivity index (χ2v) is 3.97. The van der Waals surface area contributed by atoms with Gasteiger partial charge < -0.3 is 5.32 Å². The van der Waals surface area contributed by atoms with Gasteiger partial charge in [0.15, 0.2) is 0 Å². The van der Waals surface area contributed by atoms with Crippen LogP contribution in [0.2, 0.25) is 0 Å². The standard InChI is InChI=1S/C13H18FN/c1-10(2)8-13(15-3)9-11-4-6-12(14)7-5-11/h4-8,13,15H,9H2,1-3H3. The molecule has 1 aromatic rings. The third kappa shape index (κ3) is 4.26. The summed E-state index contributed by atoms with van der Waals surface area (Å²) in [7, 11) is 1.94. The Balaban J connectivity index is 2.67. The molecule has 0 bridgehead atoms. The molecular weight excluding hydrogens is 189 g/mol. The van der Waals surface area contributed by atoms with Crippen LogP contribution in [0.5, 0.6) is 0 Å². The molecule has 0 aromatic heterocycles. The van der Waals surface area contributed by atoms with Gasteiger partial charge in [0.05, 0.1) is 0 Å². The fraction of sp³-hybridized carbons (Fsp3) is 0.385. The molecule has 1 aromatic carbocycles. The van der Waals surface area contributed by atoms with Crippen molar-refractivity contribution in [3.05, 3.63) is 47.3 Å². The van der Waals surface area contributed by atoms with Crippen molar-refractivity contribution in [3.8, 4) is 0 Å². The monoisotopic (exact) mass is 207 g/mol. The van der Waals surface area contributed by atoms with Gasteiger partial charge in [0.1, 0.15) is 5.82 Å². The second kappa shape index (κ2) is 5.66. The highest BCUT2D eigenvalue weighted by Gasteiger charge is 2.03. The van der Waals surface area contributed by atoms with Gasteiger partial charge >= 0.3 is 0 Å². The third-order valence-electron chi connectivity index (χ3n) is 2.27. The molecule has 0 amide bonds. The van der Waals surface area contributed by atoms with E-state index in [2.05, 4.69) is 25.2 Å². The lowest BCUT2D eigenvalue weighted by atomic mass is 10.0. The summed E-state index contributed by atoms with van der Waals surface area (Å²) in [6.07, 6.45) is 3.07. The predicted molar refractivity (Wildman–Crippen MR) is 62.4 cm³/mol. The molecule has 0 fully saturated rings. The van der Waals surface area contributed by atoms with Gasteiger partial charge in [0.2, 0.25) is 0 Å². The molecule has 1 unspecified atom stereocenters.